The van der Waals surface area contributed by atoms with E-state index < -0.39 is 6.17 Å². The summed E-state index contributed by atoms with van der Waals surface area (Å²) >= 11 is 0. The number of ether oxygens (including phenoxy) is 1. The van der Waals surface area contributed by atoms with Gasteiger partial charge < -0.3 is 4.74 Å². The van der Waals surface area contributed by atoms with Crippen molar-refractivity contribution in [1.82, 2.24) is 0 Å². The molecule has 0 bridgehead atoms. The van der Waals surface area contributed by atoms with Gasteiger partial charge in [0.25, 0.3) is 0 Å². The second-order valence-corrected chi connectivity index (χ2v) is 2.25. The fourth-order valence-electron chi connectivity index (χ4n) is 0.964. The smallest absolute Gasteiger partial charge is 0.104 e. The SMILES string of the molecule is COC1=CCC(F)CC1. The van der Waals surface area contributed by atoms with Crippen LogP contribution in [-0.2, 0) is 4.74 Å². The van der Waals surface area contributed by atoms with Crippen LogP contribution in [0.25, 0.3) is 0 Å². The van der Waals surface area contributed by atoms with Crippen LogP contribution in [0.4, 0.5) is 4.39 Å². The van der Waals surface area contributed by atoms with Gasteiger partial charge in [0.2, 0.25) is 0 Å². The second-order valence-electron chi connectivity index (χ2n) is 2.25. The predicted molar refractivity (Wildman–Crippen MR) is 33.8 cm³/mol. The molecule has 0 saturated carbocycles. The summed E-state index contributed by atoms with van der Waals surface area (Å²) in [6.45, 7) is 0. The maximum absolute atomic E-state index is 12.4. The first-order valence-corrected chi connectivity index (χ1v) is 3.20. The molecule has 9 heavy (non-hydrogen) atoms. The Morgan fingerprint density at radius 3 is 3.00 bits per heavy atom. The predicted octanol–water partition coefficient (Wildman–Crippen LogP) is 2.04. The van der Waals surface area contributed by atoms with Crippen LogP contribution >= 0.6 is 0 Å². The lowest BCUT2D eigenvalue weighted by Crippen LogP contribution is -2.05. The molecular formula is C7H11FO. The van der Waals surface area contributed by atoms with E-state index in [2.05, 4.69) is 0 Å². The number of hydrogen-bond acceptors (Lipinski definition) is 1. The van der Waals surface area contributed by atoms with E-state index in [4.69, 9.17) is 4.74 Å². The Kier molecular flexibility index (Phi) is 2.09. The van der Waals surface area contributed by atoms with Gasteiger partial charge in [0.05, 0.1) is 12.9 Å². The Hall–Kier alpha value is -0.530. The van der Waals surface area contributed by atoms with E-state index >= 15 is 0 Å². The molecule has 1 aliphatic rings. The van der Waals surface area contributed by atoms with Crippen molar-refractivity contribution in [3.05, 3.63) is 11.8 Å². The molecule has 1 nitrogen and oxygen atoms in total. The van der Waals surface area contributed by atoms with E-state index in [1.54, 1.807) is 7.11 Å². The monoisotopic (exact) mass is 130 g/mol. The van der Waals surface area contributed by atoms with Crippen LogP contribution in [0.3, 0.4) is 0 Å². The first-order chi connectivity index (χ1) is 4.33. The number of halogens is 1. The lowest BCUT2D eigenvalue weighted by molar-refractivity contribution is 0.229. The van der Waals surface area contributed by atoms with E-state index in [-0.39, 0.29) is 0 Å². The number of allylic oxidation sites excluding steroid dienone is 2. The Morgan fingerprint density at radius 1 is 1.78 bits per heavy atom. The van der Waals surface area contributed by atoms with Gasteiger partial charge in [0.15, 0.2) is 0 Å². The molecular weight excluding hydrogens is 119 g/mol. The van der Waals surface area contributed by atoms with Gasteiger partial charge in [0, 0.05) is 12.8 Å². The van der Waals surface area contributed by atoms with E-state index in [9.17, 15) is 4.39 Å². The van der Waals surface area contributed by atoms with Gasteiger partial charge in [-0.3, -0.25) is 0 Å². The van der Waals surface area contributed by atoms with Crippen molar-refractivity contribution in [1.29, 1.82) is 0 Å². The minimum absolute atomic E-state index is 0.531. The van der Waals surface area contributed by atoms with Gasteiger partial charge in [-0.05, 0) is 12.5 Å². The standard InChI is InChI=1S/C7H11FO/c1-9-7-4-2-6(8)3-5-7/h4,6H,2-3,5H2,1H3. The largest absolute Gasteiger partial charge is 0.501 e. The summed E-state index contributed by atoms with van der Waals surface area (Å²) in [7, 11) is 1.63. The van der Waals surface area contributed by atoms with Crippen LogP contribution in [0, 0.1) is 0 Å². The highest BCUT2D eigenvalue weighted by Gasteiger charge is 2.12. The highest BCUT2D eigenvalue weighted by molar-refractivity contribution is 4.98. The lowest BCUT2D eigenvalue weighted by Gasteiger charge is -2.13. The Morgan fingerprint density at radius 2 is 2.56 bits per heavy atom. The van der Waals surface area contributed by atoms with Gasteiger partial charge in [0.1, 0.15) is 6.17 Å². The molecule has 52 valence electrons. The summed E-state index contributed by atoms with van der Waals surface area (Å²) in [5.41, 5.74) is 0. The van der Waals surface area contributed by atoms with Crippen molar-refractivity contribution >= 4 is 0 Å². The molecule has 0 amide bonds. The van der Waals surface area contributed by atoms with Crippen LogP contribution in [0.5, 0.6) is 0 Å². The van der Waals surface area contributed by atoms with Crippen LogP contribution in [0.2, 0.25) is 0 Å². The fraction of sp³-hybridized carbons (Fsp3) is 0.714. The Balaban J connectivity index is 2.40. The number of methoxy groups -OCH3 is 1. The third-order valence-corrected chi connectivity index (χ3v) is 1.57. The maximum atomic E-state index is 12.4. The van der Waals surface area contributed by atoms with Crippen LogP contribution in [-0.4, -0.2) is 13.3 Å². The molecule has 0 aromatic heterocycles. The second kappa shape index (κ2) is 2.85. The van der Waals surface area contributed by atoms with Crippen molar-refractivity contribution in [2.45, 2.75) is 25.4 Å². The van der Waals surface area contributed by atoms with E-state index in [0.29, 0.717) is 12.8 Å². The average molecular weight is 130 g/mol. The number of hydrogen-bond donors (Lipinski definition) is 0. The highest BCUT2D eigenvalue weighted by atomic mass is 19.1. The van der Waals surface area contributed by atoms with Crippen LogP contribution in [0.15, 0.2) is 11.8 Å². The molecule has 1 aliphatic carbocycles. The molecule has 1 atom stereocenters. The minimum atomic E-state index is -0.635. The first kappa shape index (κ1) is 6.59. The zero-order chi connectivity index (χ0) is 6.69. The van der Waals surface area contributed by atoms with Crippen LogP contribution in [0.1, 0.15) is 19.3 Å². The molecule has 0 fully saturated rings. The van der Waals surface area contributed by atoms with Crippen molar-refractivity contribution < 1.29 is 9.13 Å². The topological polar surface area (TPSA) is 9.23 Å². The highest BCUT2D eigenvalue weighted by Crippen LogP contribution is 2.20. The van der Waals surface area contributed by atoms with Crippen molar-refractivity contribution in [2.24, 2.45) is 0 Å². The Bertz CT molecular complexity index is 120. The summed E-state index contributed by atoms with van der Waals surface area (Å²) in [5.74, 6) is 0.934. The van der Waals surface area contributed by atoms with Crippen molar-refractivity contribution in [2.75, 3.05) is 7.11 Å². The number of alkyl halides is 1. The molecule has 0 aromatic carbocycles. The van der Waals surface area contributed by atoms with E-state index in [1.165, 1.54) is 0 Å². The molecule has 0 aromatic rings. The fourth-order valence-corrected chi connectivity index (χ4v) is 0.964. The summed E-state index contributed by atoms with van der Waals surface area (Å²) in [6.07, 6.45) is 3.11. The first-order valence-electron chi connectivity index (χ1n) is 3.20. The molecule has 2 heteroatoms. The van der Waals surface area contributed by atoms with Gasteiger partial charge in [-0.1, -0.05) is 0 Å². The molecule has 1 rings (SSSR count). The minimum Gasteiger partial charge on any atom is -0.501 e. The van der Waals surface area contributed by atoms with Gasteiger partial charge in [-0.15, -0.1) is 0 Å². The van der Waals surface area contributed by atoms with Gasteiger partial charge >= 0.3 is 0 Å². The van der Waals surface area contributed by atoms with Crippen molar-refractivity contribution in [3.63, 3.8) is 0 Å². The maximum Gasteiger partial charge on any atom is 0.104 e. The molecule has 0 N–H and O–H groups in total. The summed E-state index contributed by atoms with van der Waals surface area (Å²) in [5, 5.41) is 0. The summed E-state index contributed by atoms with van der Waals surface area (Å²) in [6, 6.07) is 0. The quantitative estimate of drug-likeness (QED) is 0.527. The molecule has 0 saturated heterocycles. The third kappa shape index (κ3) is 1.70. The van der Waals surface area contributed by atoms with Gasteiger partial charge in [-0.2, -0.15) is 0 Å². The van der Waals surface area contributed by atoms with E-state index in [0.717, 1.165) is 12.2 Å². The molecule has 1 unspecified atom stereocenters. The molecule has 0 radical (unpaired) electrons. The molecule has 0 aliphatic heterocycles. The van der Waals surface area contributed by atoms with Crippen molar-refractivity contribution in [3.8, 4) is 0 Å². The van der Waals surface area contributed by atoms with Gasteiger partial charge in [-0.25, -0.2) is 4.39 Å². The summed E-state index contributed by atoms with van der Waals surface area (Å²) in [4.78, 5) is 0. The normalized spacial score (nSPS) is 27.3. The summed E-state index contributed by atoms with van der Waals surface area (Å²) < 4.78 is 17.3. The van der Waals surface area contributed by atoms with Crippen LogP contribution < -0.4 is 0 Å². The number of rotatable bonds is 1. The average Bonchev–Trinajstić information content (AvgIpc) is 1.90. The van der Waals surface area contributed by atoms with E-state index in [1.807, 2.05) is 6.08 Å². The lowest BCUT2D eigenvalue weighted by atomic mass is 10.0. The molecule has 0 heterocycles. The third-order valence-electron chi connectivity index (χ3n) is 1.57. The zero-order valence-corrected chi connectivity index (χ0v) is 5.56. The zero-order valence-electron chi connectivity index (χ0n) is 5.56. The molecule has 0 spiro atoms. The Labute approximate surface area is 54.5 Å².